The van der Waals surface area contributed by atoms with Gasteiger partial charge in [-0.15, -0.1) is 0 Å². The molecule has 0 radical (unpaired) electrons. The van der Waals surface area contributed by atoms with Gasteiger partial charge in [-0.2, -0.15) is 0 Å². The average molecular weight is 510 g/mol. The van der Waals surface area contributed by atoms with E-state index in [1.54, 1.807) is 12.1 Å². The van der Waals surface area contributed by atoms with Crippen molar-refractivity contribution in [3.05, 3.63) is 64.1 Å². The maximum Gasteiger partial charge on any atom is 0.267 e. The van der Waals surface area contributed by atoms with Crippen molar-refractivity contribution in [2.75, 3.05) is 36.5 Å². The third-order valence-electron chi connectivity index (χ3n) is 5.97. The first-order valence-corrected chi connectivity index (χ1v) is 12.7. The minimum atomic E-state index is -0.378. The molecule has 35 heavy (non-hydrogen) atoms. The SMILES string of the molecule is CCOCCCN1C(=O)/C(=C2/C(=O)N(CC(=O)Nc3ccc(C)c(C)c3)c3ccccc32)SC1=S. The standard InChI is InChI=1S/C26H27N3O4S2/c1-4-33-13-7-12-28-25(32)23(35-26(28)34)22-19-8-5-6-9-20(19)29(24(22)31)15-21(30)27-18-11-10-16(2)17(3)14-18/h5-6,8-11,14H,4,7,12-13,15H2,1-3H3,(H,27,30)/b23-22-. The molecule has 2 heterocycles. The molecule has 0 unspecified atom stereocenters. The maximum atomic E-state index is 13.5. The van der Waals surface area contributed by atoms with Crippen molar-refractivity contribution >= 4 is 63.0 Å². The molecule has 2 aromatic carbocycles. The Bertz CT molecular complexity index is 1240. The van der Waals surface area contributed by atoms with Gasteiger partial charge in [0, 0.05) is 31.0 Å². The quantitative estimate of drug-likeness (QED) is 0.325. The monoisotopic (exact) mass is 509 g/mol. The second-order valence-electron chi connectivity index (χ2n) is 8.34. The van der Waals surface area contributed by atoms with Crippen LogP contribution >= 0.6 is 24.0 Å². The number of hydrogen-bond acceptors (Lipinski definition) is 6. The topological polar surface area (TPSA) is 79.0 Å². The van der Waals surface area contributed by atoms with Crippen LogP contribution in [0.2, 0.25) is 0 Å². The molecule has 1 fully saturated rings. The molecule has 2 aromatic rings. The Morgan fingerprint density at radius 1 is 1.06 bits per heavy atom. The van der Waals surface area contributed by atoms with Crippen LogP contribution in [0.3, 0.4) is 0 Å². The van der Waals surface area contributed by atoms with E-state index in [1.165, 1.54) is 9.80 Å². The average Bonchev–Trinajstić information content (AvgIpc) is 3.26. The van der Waals surface area contributed by atoms with Crippen molar-refractivity contribution in [3.8, 4) is 0 Å². The summed E-state index contributed by atoms with van der Waals surface area (Å²) in [5, 5.41) is 2.87. The van der Waals surface area contributed by atoms with Crippen LogP contribution in [-0.4, -0.2) is 53.2 Å². The number of fused-ring (bicyclic) bond motifs is 1. The summed E-state index contributed by atoms with van der Waals surface area (Å²) in [7, 11) is 0. The minimum Gasteiger partial charge on any atom is -0.382 e. The highest BCUT2D eigenvalue weighted by Crippen LogP contribution is 2.44. The van der Waals surface area contributed by atoms with Crippen molar-refractivity contribution in [3.63, 3.8) is 0 Å². The lowest BCUT2D eigenvalue weighted by molar-refractivity contribution is -0.122. The molecule has 7 nitrogen and oxygen atoms in total. The lowest BCUT2D eigenvalue weighted by atomic mass is 10.1. The van der Waals surface area contributed by atoms with Crippen molar-refractivity contribution in [1.29, 1.82) is 0 Å². The minimum absolute atomic E-state index is 0.166. The number of carbonyl (C=O) groups is 3. The fourth-order valence-electron chi connectivity index (χ4n) is 4.03. The summed E-state index contributed by atoms with van der Waals surface area (Å²) < 4.78 is 5.78. The van der Waals surface area contributed by atoms with E-state index in [0.717, 1.165) is 22.9 Å². The largest absolute Gasteiger partial charge is 0.382 e. The van der Waals surface area contributed by atoms with Gasteiger partial charge in [-0.25, -0.2) is 0 Å². The fourth-order valence-corrected chi connectivity index (χ4v) is 5.41. The molecule has 9 heteroatoms. The normalized spacial score (nSPS) is 17.4. The fraction of sp³-hybridized carbons (Fsp3) is 0.308. The Labute approximate surface area is 214 Å². The van der Waals surface area contributed by atoms with E-state index in [-0.39, 0.29) is 24.3 Å². The number of para-hydroxylation sites is 1. The van der Waals surface area contributed by atoms with E-state index in [1.807, 2.05) is 51.1 Å². The van der Waals surface area contributed by atoms with Crippen molar-refractivity contribution in [2.45, 2.75) is 27.2 Å². The smallest absolute Gasteiger partial charge is 0.267 e. The summed E-state index contributed by atoms with van der Waals surface area (Å²) in [5.41, 5.74) is 4.40. The van der Waals surface area contributed by atoms with Gasteiger partial charge >= 0.3 is 0 Å². The molecule has 2 aliphatic heterocycles. The lowest BCUT2D eigenvalue weighted by Gasteiger charge is -2.17. The van der Waals surface area contributed by atoms with E-state index < -0.39 is 0 Å². The van der Waals surface area contributed by atoms with Gasteiger partial charge in [0.05, 0.1) is 16.2 Å². The van der Waals surface area contributed by atoms with Gasteiger partial charge in [0.2, 0.25) is 5.91 Å². The van der Waals surface area contributed by atoms with E-state index in [9.17, 15) is 14.4 Å². The first kappa shape index (κ1) is 25.1. The zero-order chi connectivity index (χ0) is 25.1. The second-order valence-corrected chi connectivity index (χ2v) is 9.98. The number of nitrogens with zero attached hydrogens (tertiary/aromatic N) is 2. The number of aryl methyl sites for hydroxylation is 2. The van der Waals surface area contributed by atoms with Crippen LogP contribution in [0.4, 0.5) is 11.4 Å². The highest BCUT2D eigenvalue weighted by atomic mass is 32.2. The molecule has 3 amide bonds. The van der Waals surface area contributed by atoms with E-state index in [4.69, 9.17) is 17.0 Å². The Kier molecular flexibility index (Phi) is 7.69. The Balaban J connectivity index is 1.57. The van der Waals surface area contributed by atoms with Crippen LogP contribution in [0.5, 0.6) is 0 Å². The van der Waals surface area contributed by atoms with E-state index in [0.29, 0.717) is 57.9 Å². The number of rotatable bonds is 8. The van der Waals surface area contributed by atoms with Crippen molar-refractivity contribution in [2.24, 2.45) is 0 Å². The number of hydrogen-bond donors (Lipinski definition) is 1. The zero-order valence-corrected chi connectivity index (χ0v) is 21.6. The third-order valence-corrected chi connectivity index (χ3v) is 7.41. The first-order chi connectivity index (χ1) is 16.8. The van der Waals surface area contributed by atoms with Gasteiger partial charge in [0.15, 0.2) is 0 Å². The van der Waals surface area contributed by atoms with Crippen LogP contribution in [0.25, 0.3) is 5.57 Å². The molecule has 0 aliphatic carbocycles. The lowest BCUT2D eigenvalue weighted by Crippen LogP contribution is -2.35. The number of thiocarbonyl (C=S) groups is 1. The predicted octanol–water partition coefficient (Wildman–Crippen LogP) is 4.29. The van der Waals surface area contributed by atoms with Crippen LogP contribution in [0, 0.1) is 13.8 Å². The molecule has 0 aromatic heterocycles. The molecule has 0 saturated carbocycles. The molecule has 182 valence electrons. The molecule has 0 bridgehead atoms. The number of carbonyl (C=O) groups excluding carboxylic acids is 3. The number of benzene rings is 2. The van der Waals surface area contributed by atoms with Crippen LogP contribution in [-0.2, 0) is 19.1 Å². The maximum absolute atomic E-state index is 13.5. The highest BCUT2D eigenvalue weighted by molar-refractivity contribution is 8.26. The number of amides is 3. The Morgan fingerprint density at radius 2 is 1.83 bits per heavy atom. The van der Waals surface area contributed by atoms with Gasteiger partial charge in [-0.3, -0.25) is 24.2 Å². The first-order valence-electron chi connectivity index (χ1n) is 11.5. The van der Waals surface area contributed by atoms with Gasteiger partial charge in [0.25, 0.3) is 11.8 Å². The molecule has 0 spiro atoms. The summed E-state index contributed by atoms with van der Waals surface area (Å²) in [6.45, 7) is 7.31. The second kappa shape index (κ2) is 10.7. The van der Waals surface area contributed by atoms with E-state index in [2.05, 4.69) is 5.32 Å². The summed E-state index contributed by atoms with van der Waals surface area (Å²) in [4.78, 5) is 42.9. The molecule has 4 rings (SSSR count). The van der Waals surface area contributed by atoms with Crippen LogP contribution < -0.4 is 10.2 Å². The van der Waals surface area contributed by atoms with Gasteiger partial charge in [0.1, 0.15) is 10.9 Å². The van der Waals surface area contributed by atoms with Crippen molar-refractivity contribution < 1.29 is 19.1 Å². The number of anilines is 2. The molecule has 0 atom stereocenters. The number of nitrogens with one attached hydrogen (secondary N) is 1. The Morgan fingerprint density at radius 3 is 2.57 bits per heavy atom. The number of ether oxygens (including phenoxy) is 1. The van der Waals surface area contributed by atoms with Gasteiger partial charge < -0.3 is 10.1 Å². The molecule has 1 saturated heterocycles. The molecule has 2 aliphatic rings. The summed E-state index contributed by atoms with van der Waals surface area (Å²) in [6, 6.07) is 12.9. The van der Waals surface area contributed by atoms with Crippen LogP contribution in [0.1, 0.15) is 30.0 Å². The van der Waals surface area contributed by atoms with Gasteiger partial charge in [-0.1, -0.05) is 48.2 Å². The number of thioether (sulfide) groups is 1. The third kappa shape index (κ3) is 5.17. The summed E-state index contributed by atoms with van der Waals surface area (Å²) in [5.74, 6) is -0.978. The summed E-state index contributed by atoms with van der Waals surface area (Å²) >= 11 is 6.58. The molecular weight excluding hydrogens is 482 g/mol. The van der Waals surface area contributed by atoms with Gasteiger partial charge in [-0.05, 0) is 56.5 Å². The Hall–Kier alpha value is -3.01. The molecule has 1 N–H and O–H groups in total. The van der Waals surface area contributed by atoms with Crippen molar-refractivity contribution in [1.82, 2.24) is 4.90 Å². The molecular formula is C26H27N3O4S2. The zero-order valence-electron chi connectivity index (χ0n) is 19.9. The van der Waals surface area contributed by atoms with Crippen LogP contribution in [0.15, 0.2) is 47.4 Å². The summed E-state index contributed by atoms with van der Waals surface area (Å²) in [6.07, 6.45) is 0.651. The predicted molar refractivity (Wildman–Crippen MR) is 143 cm³/mol. The van der Waals surface area contributed by atoms with E-state index >= 15 is 0 Å². The highest BCUT2D eigenvalue weighted by Gasteiger charge is 2.42.